The molecule has 1 unspecified atom stereocenters. The van der Waals surface area contributed by atoms with Crippen molar-refractivity contribution in [2.75, 3.05) is 6.61 Å². The predicted molar refractivity (Wildman–Crippen MR) is 67.0 cm³/mol. The minimum atomic E-state index is -0.408. The Balaban J connectivity index is 2.45. The molecule has 0 aliphatic heterocycles. The van der Waals surface area contributed by atoms with Gasteiger partial charge < -0.3 is 9.84 Å². The van der Waals surface area contributed by atoms with E-state index in [-0.39, 0.29) is 0 Å². The van der Waals surface area contributed by atoms with Gasteiger partial charge in [-0.05, 0) is 24.1 Å². The fourth-order valence-electron chi connectivity index (χ4n) is 1.71. The molecule has 0 amide bonds. The highest BCUT2D eigenvalue weighted by atomic mass is 35.5. The molecule has 0 fully saturated rings. The van der Waals surface area contributed by atoms with Gasteiger partial charge in [0.15, 0.2) is 0 Å². The molecule has 1 N–H and O–H groups in total. The first-order valence-corrected chi connectivity index (χ1v) is 6.11. The van der Waals surface area contributed by atoms with Gasteiger partial charge in [0.2, 0.25) is 0 Å². The molecular weight excluding hydrogens is 224 g/mol. The van der Waals surface area contributed by atoms with Crippen LogP contribution in [0.15, 0.2) is 24.3 Å². The Morgan fingerprint density at radius 3 is 2.56 bits per heavy atom. The van der Waals surface area contributed by atoms with E-state index in [1.54, 1.807) is 12.1 Å². The SMILES string of the molecule is CCC(CC)C(O)COc1cccc(Cl)c1. The molecule has 1 rings (SSSR count). The maximum atomic E-state index is 9.88. The van der Waals surface area contributed by atoms with Crippen LogP contribution in [-0.4, -0.2) is 17.8 Å². The lowest BCUT2D eigenvalue weighted by Crippen LogP contribution is -2.26. The Hall–Kier alpha value is -0.730. The molecule has 0 radical (unpaired) electrons. The van der Waals surface area contributed by atoms with Crippen molar-refractivity contribution in [3.05, 3.63) is 29.3 Å². The Morgan fingerprint density at radius 1 is 1.31 bits per heavy atom. The molecule has 0 bridgehead atoms. The van der Waals surface area contributed by atoms with Crippen LogP contribution >= 0.6 is 11.6 Å². The van der Waals surface area contributed by atoms with Crippen molar-refractivity contribution in [2.24, 2.45) is 5.92 Å². The average molecular weight is 243 g/mol. The van der Waals surface area contributed by atoms with Crippen LogP contribution in [-0.2, 0) is 0 Å². The van der Waals surface area contributed by atoms with E-state index in [4.69, 9.17) is 16.3 Å². The van der Waals surface area contributed by atoms with E-state index in [0.717, 1.165) is 12.8 Å². The Bertz CT molecular complexity index is 311. The first-order chi connectivity index (χ1) is 7.67. The lowest BCUT2D eigenvalue weighted by Gasteiger charge is -2.20. The van der Waals surface area contributed by atoms with Gasteiger partial charge in [0.1, 0.15) is 12.4 Å². The largest absolute Gasteiger partial charge is 0.491 e. The topological polar surface area (TPSA) is 29.5 Å². The van der Waals surface area contributed by atoms with Crippen LogP contribution in [0.3, 0.4) is 0 Å². The van der Waals surface area contributed by atoms with Gasteiger partial charge in [-0.25, -0.2) is 0 Å². The van der Waals surface area contributed by atoms with E-state index in [1.807, 2.05) is 12.1 Å². The summed E-state index contributed by atoms with van der Waals surface area (Å²) in [7, 11) is 0. The second-order valence-electron chi connectivity index (χ2n) is 3.91. The van der Waals surface area contributed by atoms with Gasteiger partial charge in [0.05, 0.1) is 6.10 Å². The summed E-state index contributed by atoms with van der Waals surface area (Å²) in [6.07, 6.45) is 1.53. The summed E-state index contributed by atoms with van der Waals surface area (Å²) in [6, 6.07) is 7.22. The molecule has 3 heteroatoms. The number of aliphatic hydroxyl groups excluding tert-OH is 1. The third-order valence-electron chi connectivity index (χ3n) is 2.81. The summed E-state index contributed by atoms with van der Waals surface area (Å²) in [5.41, 5.74) is 0. The van der Waals surface area contributed by atoms with Gasteiger partial charge in [0, 0.05) is 5.02 Å². The fraction of sp³-hybridized carbons (Fsp3) is 0.538. The molecule has 0 aliphatic carbocycles. The smallest absolute Gasteiger partial charge is 0.120 e. The highest BCUT2D eigenvalue weighted by molar-refractivity contribution is 6.30. The molecule has 0 spiro atoms. The molecule has 1 atom stereocenters. The highest BCUT2D eigenvalue weighted by Gasteiger charge is 2.15. The van der Waals surface area contributed by atoms with Crippen LogP contribution in [0.25, 0.3) is 0 Å². The number of ether oxygens (including phenoxy) is 1. The average Bonchev–Trinajstić information content (AvgIpc) is 2.28. The van der Waals surface area contributed by atoms with Crippen molar-refractivity contribution in [1.29, 1.82) is 0 Å². The van der Waals surface area contributed by atoms with Gasteiger partial charge in [-0.3, -0.25) is 0 Å². The number of hydrogen-bond acceptors (Lipinski definition) is 2. The maximum absolute atomic E-state index is 9.88. The highest BCUT2D eigenvalue weighted by Crippen LogP contribution is 2.19. The van der Waals surface area contributed by atoms with Crippen LogP contribution < -0.4 is 4.74 Å². The van der Waals surface area contributed by atoms with Crippen LogP contribution in [0.5, 0.6) is 5.75 Å². The standard InChI is InChI=1S/C13H19ClO2/c1-3-10(4-2)13(15)9-16-12-7-5-6-11(14)8-12/h5-8,10,13,15H,3-4,9H2,1-2H3. The lowest BCUT2D eigenvalue weighted by atomic mass is 9.97. The molecule has 1 aromatic carbocycles. The normalized spacial score (nSPS) is 12.8. The number of aliphatic hydroxyl groups is 1. The first kappa shape index (κ1) is 13.3. The summed E-state index contributed by atoms with van der Waals surface area (Å²) in [5.74, 6) is 1.01. The molecule has 0 heterocycles. The second kappa shape index (κ2) is 6.77. The van der Waals surface area contributed by atoms with E-state index < -0.39 is 6.10 Å². The molecule has 0 aliphatic rings. The molecule has 0 saturated carbocycles. The fourth-order valence-corrected chi connectivity index (χ4v) is 1.89. The van der Waals surface area contributed by atoms with Crippen molar-refractivity contribution in [3.8, 4) is 5.75 Å². The Morgan fingerprint density at radius 2 is 2.00 bits per heavy atom. The molecule has 1 aromatic rings. The van der Waals surface area contributed by atoms with E-state index >= 15 is 0 Å². The van der Waals surface area contributed by atoms with Gasteiger partial charge in [-0.2, -0.15) is 0 Å². The zero-order chi connectivity index (χ0) is 12.0. The van der Waals surface area contributed by atoms with Crippen LogP contribution in [0.2, 0.25) is 5.02 Å². The summed E-state index contributed by atoms with van der Waals surface area (Å²) in [4.78, 5) is 0. The van der Waals surface area contributed by atoms with Crippen molar-refractivity contribution in [1.82, 2.24) is 0 Å². The summed E-state index contributed by atoms with van der Waals surface area (Å²) < 4.78 is 5.50. The van der Waals surface area contributed by atoms with Crippen LogP contribution in [0, 0.1) is 5.92 Å². The van der Waals surface area contributed by atoms with Crippen molar-refractivity contribution >= 4 is 11.6 Å². The maximum Gasteiger partial charge on any atom is 0.120 e. The van der Waals surface area contributed by atoms with Gasteiger partial charge in [0.25, 0.3) is 0 Å². The number of rotatable bonds is 6. The second-order valence-corrected chi connectivity index (χ2v) is 4.35. The molecule has 0 saturated heterocycles. The molecule has 16 heavy (non-hydrogen) atoms. The number of benzene rings is 1. The molecule has 0 aromatic heterocycles. The van der Waals surface area contributed by atoms with Crippen molar-refractivity contribution in [3.63, 3.8) is 0 Å². The third kappa shape index (κ3) is 4.03. The van der Waals surface area contributed by atoms with Crippen molar-refractivity contribution < 1.29 is 9.84 Å². The Labute approximate surface area is 102 Å². The zero-order valence-electron chi connectivity index (χ0n) is 9.82. The molecule has 2 nitrogen and oxygen atoms in total. The zero-order valence-corrected chi connectivity index (χ0v) is 10.6. The summed E-state index contributed by atoms with van der Waals surface area (Å²) >= 11 is 5.83. The van der Waals surface area contributed by atoms with Crippen LogP contribution in [0.1, 0.15) is 26.7 Å². The number of halogens is 1. The van der Waals surface area contributed by atoms with E-state index in [9.17, 15) is 5.11 Å². The summed E-state index contributed by atoms with van der Waals surface area (Å²) in [6.45, 7) is 4.49. The van der Waals surface area contributed by atoms with E-state index in [0.29, 0.717) is 23.3 Å². The minimum absolute atomic E-state index is 0.305. The minimum Gasteiger partial charge on any atom is -0.491 e. The van der Waals surface area contributed by atoms with E-state index in [1.165, 1.54) is 0 Å². The lowest BCUT2D eigenvalue weighted by molar-refractivity contribution is 0.0536. The third-order valence-corrected chi connectivity index (χ3v) is 3.04. The Kier molecular flexibility index (Phi) is 5.64. The van der Waals surface area contributed by atoms with Gasteiger partial charge in [-0.1, -0.05) is 44.4 Å². The monoisotopic (exact) mass is 242 g/mol. The van der Waals surface area contributed by atoms with Crippen molar-refractivity contribution in [2.45, 2.75) is 32.8 Å². The molecular formula is C13H19ClO2. The van der Waals surface area contributed by atoms with E-state index in [2.05, 4.69) is 13.8 Å². The van der Waals surface area contributed by atoms with Gasteiger partial charge in [-0.15, -0.1) is 0 Å². The number of hydrogen-bond donors (Lipinski definition) is 1. The van der Waals surface area contributed by atoms with Gasteiger partial charge >= 0.3 is 0 Å². The predicted octanol–water partition coefficient (Wildman–Crippen LogP) is 3.52. The van der Waals surface area contributed by atoms with Crippen LogP contribution in [0.4, 0.5) is 0 Å². The molecule has 90 valence electrons. The first-order valence-electron chi connectivity index (χ1n) is 5.73. The quantitative estimate of drug-likeness (QED) is 0.827. The summed E-state index contributed by atoms with van der Waals surface area (Å²) in [5, 5.41) is 10.5.